The van der Waals surface area contributed by atoms with E-state index in [1.807, 2.05) is 0 Å². The summed E-state index contributed by atoms with van der Waals surface area (Å²) in [4.78, 5) is 20.6. The Hall–Kier alpha value is -3.04. The molecule has 0 N–H and O–H groups in total. The summed E-state index contributed by atoms with van der Waals surface area (Å²) in [5.41, 5.74) is 1.69. The van der Waals surface area contributed by atoms with E-state index in [0.29, 0.717) is 22.3 Å². The highest BCUT2D eigenvalue weighted by molar-refractivity contribution is 7.89. The highest BCUT2D eigenvalue weighted by Gasteiger charge is 2.16. The zero-order chi connectivity index (χ0) is 20.1. The highest BCUT2D eigenvalue weighted by atomic mass is 32.2. The maximum Gasteiger partial charge on any atom is 0.338 e. The van der Waals surface area contributed by atoms with Crippen molar-refractivity contribution in [1.82, 2.24) is 14.3 Å². The van der Waals surface area contributed by atoms with E-state index in [2.05, 4.69) is 9.97 Å². The first kappa shape index (κ1) is 19.7. The first-order chi connectivity index (χ1) is 13.4. The van der Waals surface area contributed by atoms with Crippen LogP contribution in [0.25, 0.3) is 11.0 Å². The van der Waals surface area contributed by atoms with E-state index in [4.69, 9.17) is 9.47 Å². The largest absolute Gasteiger partial charge is 0.490 e. The predicted molar refractivity (Wildman–Crippen MR) is 103 cm³/mol. The first-order valence-corrected chi connectivity index (χ1v) is 9.85. The molecular weight excluding hydrogens is 382 g/mol. The molecule has 0 fully saturated rings. The van der Waals surface area contributed by atoms with Gasteiger partial charge in [-0.3, -0.25) is 9.97 Å². The Morgan fingerprint density at radius 1 is 0.964 bits per heavy atom. The molecule has 146 valence electrons. The van der Waals surface area contributed by atoms with Crippen molar-refractivity contribution in [2.75, 3.05) is 27.3 Å². The number of hydrogen-bond acceptors (Lipinski definition) is 7. The number of fused-ring (bicyclic) bond motifs is 1. The molecule has 0 saturated heterocycles. The Morgan fingerprint density at radius 3 is 2.32 bits per heavy atom. The zero-order valence-electron chi connectivity index (χ0n) is 15.4. The number of ether oxygens (including phenoxy) is 2. The summed E-state index contributed by atoms with van der Waals surface area (Å²) in [6, 6.07) is 11.0. The number of nitrogens with zero attached hydrogens (tertiary/aromatic N) is 3. The van der Waals surface area contributed by atoms with Crippen LogP contribution in [0.2, 0.25) is 0 Å². The number of carbonyl (C=O) groups is 1. The number of aromatic nitrogens is 2. The lowest BCUT2D eigenvalue weighted by Crippen LogP contribution is -2.22. The summed E-state index contributed by atoms with van der Waals surface area (Å²) in [7, 11) is -0.541. The van der Waals surface area contributed by atoms with Crippen molar-refractivity contribution in [2.24, 2.45) is 0 Å². The van der Waals surface area contributed by atoms with E-state index in [1.54, 1.807) is 42.7 Å². The Kier molecular flexibility index (Phi) is 5.86. The molecule has 0 amide bonds. The van der Waals surface area contributed by atoms with Gasteiger partial charge in [0, 0.05) is 26.5 Å². The fraction of sp³-hybridized carbons (Fsp3) is 0.211. The molecule has 8 nitrogen and oxygen atoms in total. The molecule has 0 spiro atoms. The maximum atomic E-state index is 12.1. The van der Waals surface area contributed by atoms with Gasteiger partial charge in [0.15, 0.2) is 0 Å². The molecule has 1 aromatic heterocycles. The van der Waals surface area contributed by atoms with Crippen molar-refractivity contribution < 1.29 is 22.7 Å². The van der Waals surface area contributed by atoms with Gasteiger partial charge in [-0.25, -0.2) is 17.5 Å². The molecule has 1 heterocycles. The number of hydrogen-bond donors (Lipinski definition) is 0. The lowest BCUT2D eigenvalue weighted by Gasteiger charge is -2.12. The quantitative estimate of drug-likeness (QED) is 0.442. The number of benzene rings is 2. The lowest BCUT2D eigenvalue weighted by molar-refractivity contribution is 0.0450. The van der Waals surface area contributed by atoms with Crippen LogP contribution in [0, 0.1) is 0 Å². The fourth-order valence-corrected chi connectivity index (χ4v) is 3.29. The van der Waals surface area contributed by atoms with Gasteiger partial charge in [-0.1, -0.05) is 0 Å². The van der Waals surface area contributed by atoms with Crippen LogP contribution >= 0.6 is 0 Å². The van der Waals surface area contributed by atoms with E-state index >= 15 is 0 Å². The third-order valence-electron chi connectivity index (χ3n) is 3.89. The third-order valence-corrected chi connectivity index (χ3v) is 5.72. The normalized spacial score (nSPS) is 11.5. The lowest BCUT2D eigenvalue weighted by atomic mass is 10.2. The summed E-state index contributed by atoms with van der Waals surface area (Å²) in [6.07, 6.45) is 3.14. The molecule has 0 radical (unpaired) electrons. The maximum absolute atomic E-state index is 12.1. The second kappa shape index (κ2) is 8.32. The smallest absolute Gasteiger partial charge is 0.338 e. The molecule has 0 atom stereocenters. The van der Waals surface area contributed by atoms with Crippen molar-refractivity contribution >= 4 is 27.0 Å². The molecule has 9 heteroatoms. The van der Waals surface area contributed by atoms with Crippen LogP contribution in [-0.2, 0) is 14.8 Å². The van der Waals surface area contributed by atoms with Crippen LogP contribution in [0.4, 0.5) is 0 Å². The number of carbonyl (C=O) groups excluding carboxylic acids is 1. The van der Waals surface area contributed by atoms with Crippen LogP contribution in [0.3, 0.4) is 0 Å². The summed E-state index contributed by atoms with van der Waals surface area (Å²) >= 11 is 0. The minimum Gasteiger partial charge on any atom is -0.490 e. The van der Waals surface area contributed by atoms with Crippen molar-refractivity contribution in [3.8, 4) is 5.75 Å². The van der Waals surface area contributed by atoms with Crippen molar-refractivity contribution in [2.45, 2.75) is 4.90 Å². The van der Waals surface area contributed by atoms with Crippen LogP contribution in [0.15, 0.2) is 59.8 Å². The zero-order valence-corrected chi connectivity index (χ0v) is 16.2. The van der Waals surface area contributed by atoms with Crippen molar-refractivity contribution in [1.29, 1.82) is 0 Å². The molecule has 0 bridgehead atoms. The first-order valence-electron chi connectivity index (χ1n) is 8.41. The highest BCUT2D eigenvalue weighted by Crippen LogP contribution is 2.18. The van der Waals surface area contributed by atoms with Crippen LogP contribution in [0.5, 0.6) is 5.75 Å². The van der Waals surface area contributed by atoms with E-state index in [1.165, 1.54) is 26.2 Å². The van der Waals surface area contributed by atoms with Gasteiger partial charge in [-0.2, -0.15) is 0 Å². The summed E-state index contributed by atoms with van der Waals surface area (Å²) in [5, 5.41) is 0. The fourth-order valence-electron chi connectivity index (χ4n) is 2.39. The monoisotopic (exact) mass is 401 g/mol. The van der Waals surface area contributed by atoms with Crippen LogP contribution < -0.4 is 4.74 Å². The van der Waals surface area contributed by atoms with Gasteiger partial charge < -0.3 is 9.47 Å². The van der Waals surface area contributed by atoms with Gasteiger partial charge in [0.05, 0.1) is 21.5 Å². The summed E-state index contributed by atoms with van der Waals surface area (Å²) in [5.74, 6) is -0.00156. The minimum atomic E-state index is -3.48. The SMILES string of the molecule is CN(C)S(=O)(=O)c1ccc(OCCOC(=O)c2ccc3nccnc3c2)cc1. The topological polar surface area (TPSA) is 98.7 Å². The third kappa shape index (κ3) is 4.44. The van der Waals surface area contributed by atoms with E-state index in [9.17, 15) is 13.2 Å². The number of esters is 1. The molecule has 2 aromatic carbocycles. The Labute approximate surface area is 162 Å². The Balaban J connectivity index is 1.51. The second-order valence-corrected chi connectivity index (χ2v) is 8.15. The van der Waals surface area contributed by atoms with Gasteiger partial charge in [0.2, 0.25) is 10.0 Å². The molecule has 3 rings (SSSR count). The molecule has 0 aliphatic rings. The summed E-state index contributed by atoms with van der Waals surface area (Å²) in [6.45, 7) is 0.188. The Morgan fingerprint density at radius 2 is 1.64 bits per heavy atom. The van der Waals surface area contributed by atoms with Crippen LogP contribution in [-0.4, -0.2) is 56.0 Å². The van der Waals surface area contributed by atoms with Crippen molar-refractivity contribution in [3.63, 3.8) is 0 Å². The van der Waals surface area contributed by atoms with E-state index < -0.39 is 16.0 Å². The summed E-state index contributed by atoms with van der Waals surface area (Å²) < 4.78 is 35.8. The van der Waals surface area contributed by atoms with Crippen LogP contribution in [0.1, 0.15) is 10.4 Å². The van der Waals surface area contributed by atoms with Crippen molar-refractivity contribution in [3.05, 3.63) is 60.4 Å². The van der Waals surface area contributed by atoms with Gasteiger partial charge in [-0.05, 0) is 42.5 Å². The van der Waals surface area contributed by atoms with E-state index in [0.717, 1.165) is 4.31 Å². The van der Waals surface area contributed by atoms with Gasteiger partial charge >= 0.3 is 5.97 Å². The number of sulfonamides is 1. The molecular formula is C19H19N3O5S. The molecule has 3 aromatic rings. The van der Waals surface area contributed by atoms with Gasteiger partial charge in [0.1, 0.15) is 19.0 Å². The molecule has 0 unspecified atom stereocenters. The number of rotatable bonds is 7. The average Bonchev–Trinajstić information content (AvgIpc) is 2.71. The molecule has 0 aliphatic carbocycles. The molecule has 0 saturated carbocycles. The van der Waals surface area contributed by atoms with E-state index in [-0.39, 0.29) is 18.1 Å². The molecule has 28 heavy (non-hydrogen) atoms. The predicted octanol–water partition coefficient (Wildman–Crippen LogP) is 2.12. The average molecular weight is 401 g/mol. The minimum absolute atomic E-state index is 0.0507. The molecule has 0 aliphatic heterocycles. The van der Waals surface area contributed by atoms with Gasteiger partial charge in [-0.15, -0.1) is 0 Å². The van der Waals surface area contributed by atoms with Gasteiger partial charge in [0.25, 0.3) is 0 Å². The standard InChI is InChI=1S/C19H19N3O5S/c1-22(2)28(24,25)16-6-4-15(5-7-16)26-11-12-27-19(23)14-3-8-17-18(13-14)21-10-9-20-17/h3-10,13H,11-12H2,1-2H3. The Bertz CT molecular complexity index is 1080. The second-order valence-electron chi connectivity index (χ2n) is 6.00.